The molecule has 0 amide bonds. The van der Waals surface area contributed by atoms with Crippen molar-refractivity contribution in [3.63, 3.8) is 0 Å². The Morgan fingerprint density at radius 1 is 1.33 bits per heavy atom. The van der Waals surface area contributed by atoms with Crippen LogP contribution in [-0.2, 0) is 14.3 Å². The molecule has 0 aromatic carbocycles. The maximum absolute atomic E-state index is 11.4. The molecule has 0 fully saturated rings. The van der Waals surface area contributed by atoms with Crippen LogP contribution < -0.4 is 5.32 Å². The van der Waals surface area contributed by atoms with Gasteiger partial charge in [-0.25, -0.2) is 4.79 Å². The first kappa shape index (κ1) is 13.5. The average Bonchev–Trinajstić information content (AvgIpc) is 2.16. The van der Waals surface area contributed by atoms with Gasteiger partial charge < -0.3 is 15.2 Å². The smallest absolute Gasteiger partial charge is 0.335 e. The van der Waals surface area contributed by atoms with Gasteiger partial charge >= 0.3 is 11.9 Å². The molecule has 2 N–H and O–H groups in total. The van der Waals surface area contributed by atoms with Gasteiger partial charge in [0, 0.05) is 5.70 Å². The lowest BCUT2D eigenvalue weighted by Crippen LogP contribution is -2.23. The summed E-state index contributed by atoms with van der Waals surface area (Å²) in [5.74, 6) is -1.36. The average molecular weight is 215 g/mol. The standard InChI is InChI=1S/C10H17NO4/c1-4-8(10(14)15-5-2)7(3)11-6-9(12)13/h11H,4-6H2,1-3H3,(H,12,13). The van der Waals surface area contributed by atoms with Crippen molar-refractivity contribution in [1.29, 1.82) is 0 Å². The minimum atomic E-state index is -0.964. The summed E-state index contributed by atoms with van der Waals surface area (Å²) >= 11 is 0. The van der Waals surface area contributed by atoms with Crippen LogP contribution in [0.2, 0.25) is 0 Å². The number of carbonyl (C=O) groups is 2. The Labute approximate surface area is 89.1 Å². The molecule has 0 radical (unpaired) electrons. The zero-order valence-corrected chi connectivity index (χ0v) is 9.29. The highest BCUT2D eigenvalue weighted by molar-refractivity contribution is 5.89. The van der Waals surface area contributed by atoms with Crippen molar-refractivity contribution in [1.82, 2.24) is 5.32 Å². The van der Waals surface area contributed by atoms with E-state index in [1.54, 1.807) is 13.8 Å². The van der Waals surface area contributed by atoms with E-state index in [1.165, 1.54) is 0 Å². The van der Waals surface area contributed by atoms with Crippen LogP contribution in [0, 0.1) is 0 Å². The topological polar surface area (TPSA) is 75.6 Å². The van der Waals surface area contributed by atoms with E-state index in [-0.39, 0.29) is 6.54 Å². The van der Waals surface area contributed by atoms with Crippen molar-refractivity contribution in [3.8, 4) is 0 Å². The molecule has 0 rings (SSSR count). The molecule has 0 aromatic rings. The molecule has 0 spiro atoms. The second-order valence-electron chi connectivity index (χ2n) is 2.92. The summed E-state index contributed by atoms with van der Waals surface area (Å²) in [5.41, 5.74) is 1.04. The van der Waals surface area contributed by atoms with Crippen molar-refractivity contribution >= 4 is 11.9 Å². The van der Waals surface area contributed by atoms with Crippen molar-refractivity contribution in [2.45, 2.75) is 27.2 Å². The number of carboxylic acid groups (broad SMARTS) is 1. The highest BCUT2D eigenvalue weighted by atomic mass is 16.5. The van der Waals surface area contributed by atoms with Crippen LogP contribution >= 0.6 is 0 Å². The quantitative estimate of drug-likeness (QED) is 0.508. The Morgan fingerprint density at radius 2 is 1.93 bits per heavy atom. The van der Waals surface area contributed by atoms with E-state index in [1.807, 2.05) is 6.92 Å². The lowest BCUT2D eigenvalue weighted by Gasteiger charge is -2.10. The van der Waals surface area contributed by atoms with Gasteiger partial charge in [-0.2, -0.15) is 0 Å². The minimum absolute atomic E-state index is 0.200. The molecule has 5 heteroatoms. The number of hydrogen-bond acceptors (Lipinski definition) is 4. The molecule has 0 aliphatic heterocycles. The summed E-state index contributed by atoms with van der Waals surface area (Å²) in [5, 5.41) is 11.1. The molecule has 15 heavy (non-hydrogen) atoms. The molecule has 0 atom stereocenters. The van der Waals surface area contributed by atoms with Crippen LogP contribution in [0.25, 0.3) is 0 Å². The van der Waals surface area contributed by atoms with Crippen LogP contribution in [0.3, 0.4) is 0 Å². The summed E-state index contributed by atoms with van der Waals surface area (Å²) in [6, 6.07) is 0. The van der Waals surface area contributed by atoms with E-state index >= 15 is 0 Å². The highest BCUT2D eigenvalue weighted by Gasteiger charge is 2.12. The number of ether oxygens (including phenoxy) is 1. The van der Waals surface area contributed by atoms with Gasteiger partial charge in [0.2, 0.25) is 0 Å². The normalized spacial score (nSPS) is 11.7. The monoisotopic (exact) mass is 215 g/mol. The van der Waals surface area contributed by atoms with Crippen LogP contribution in [0.1, 0.15) is 27.2 Å². The van der Waals surface area contributed by atoms with Gasteiger partial charge in [0.25, 0.3) is 0 Å². The number of esters is 1. The fraction of sp³-hybridized carbons (Fsp3) is 0.600. The van der Waals surface area contributed by atoms with E-state index in [2.05, 4.69) is 5.32 Å². The number of rotatable bonds is 6. The fourth-order valence-electron chi connectivity index (χ4n) is 1.10. The number of aliphatic carboxylic acids is 1. The largest absolute Gasteiger partial charge is 0.480 e. The lowest BCUT2D eigenvalue weighted by molar-refractivity contribution is -0.139. The Morgan fingerprint density at radius 3 is 2.33 bits per heavy atom. The molecular formula is C10H17NO4. The predicted molar refractivity (Wildman–Crippen MR) is 55.3 cm³/mol. The lowest BCUT2D eigenvalue weighted by atomic mass is 10.1. The Hall–Kier alpha value is -1.52. The first-order chi connectivity index (χ1) is 7.02. The van der Waals surface area contributed by atoms with Crippen molar-refractivity contribution in [2.24, 2.45) is 0 Å². The maximum atomic E-state index is 11.4. The Balaban J connectivity index is 4.51. The molecule has 5 nitrogen and oxygen atoms in total. The third-order valence-electron chi connectivity index (χ3n) is 1.83. The summed E-state index contributed by atoms with van der Waals surface area (Å²) in [4.78, 5) is 21.7. The Kier molecular flexibility index (Phi) is 6.17. The van der Waals surface area contributed by atoms with Gasteiger partial charge in [-0.1, -0.05) is 6.92 Å². The zero-order chi connectivity index (χ0) is 11.8. The SMILES string of the molecule is CCOC(=O)C(CC)=C(C)NCC(=O)O. The van der Waals surface area contributed by atoms with Gasteiger partial charge in [0.05, 0.1) is 12.2 Å². The van der Waals surface area contributed by atoms with Crippen molar-refractivity contribution < 1.29 is 19.4 Å². The number of allylic oxidation sites excluding steroid dienone is 1. The van der Waals surface area contributed by atoms with Crippen LogP contribution in [0.4, 0.5) is 0 Å². The minimum Gasteiger partial charge on any atom is -0.480 e. The zero-order valence-electron chi connectivity index (χ0n) is 9.29. The molecule has 0 unspecified atom stereocenters. The maximum Gasteiger partial charge on any atom is 0.335 e. The second kappa shape index (κ2) is 6.86. The second-order valence-corrected chi connectivity index (χ2v) is 2.92. The number of hydrogen-bond donors (Lipinski definition) is 2. The molecule has 0 aliphatic carbocycles. The molecule has 0 aliphatic rings. The molecule has 0 aromatic heterocycles. The third kappa shape index (κ3) is 5.05. The number of nitrogens with one attached hydrogen (secondary N) is 1. The number of carboxylic acids is 1. The van der Waals surface area contributed by atoms with Crippen molar-refractivity contribution in [2.75, 3.05) is 13.2 Å². The van der Waals surface area contributed by atoms with E-state index in [0.717, 1.165) is 0 Å². The first-order valence-corrected chi connectivity index (χ1v) is 4.85. The predicted octanol–water partition coefficient (Wildman–Crippen LogP) is 0.908. The van der Waals surface area contributed by atoms with E-state index < -0.39 is 11.9 Å². The number of carbonyl (C=O) groups excluding carboxylic acids is 1. The summed E-state index contributed by atoms with van der Waals surface area (Å²) < 4.78 is 4.84. The molecule has 0 bridgehead atoms. The van der Waals surface area contributed by atoms with Gasteiger partial charge in [0.1, 0.15) is 6.54 Å². The van der Waals surface area contributed by atoms with Crippen LogP contribution in [0.15, 0.2) is 11.3 Å². The molecule has 0 saturated heterocycles. The summed E-state index contributed by atoms with van der Waals surface area (Å²) in [6.45, 7) is 5.32. The van der Waals surface area contributed by atoms with Gasteiger partial charge in [-0.15, -0.1) is 0 Å². The summed E-state index contributed by atoms with van der Waals surface area (Å²) in [7, 11) is 0. The van der Waals surface area contributed by atoms with Gasteiger partial charge in [-0.05, 0) is 20.3 Å². The van der Waals surface area contributed by atoms with Gasteiger partial charge in [0.15, 0.2) is 0 Å². The van der Waals surface area contributed by atoms with E-state index in [0.29, 0.717) is 24.3 Å². The molecule has 86 valence electrons. The van der Waals surface area contributed by atoms with Crippen molar-refractivity contribution in [3.05, 3.63) is 11.3 Å². The highest BCUT2D eigenvalue weighted by Crippen LogP contribution is 2.08. The molecule has 0 heterocycles. The molecule has 0 saturated carbocycles. The van der Waals surface area contributed by atoms with Crippen LogP contribution in [0.5, 0.6) is 0 Å². The molecular weight excluding hydrogens is 198 g/mol. The van der Waals surface area contributed by atoms with Gasteiger partial charge in [-0.3, -0.25) is 4.79 Å². The summed E-state index contributed by atoms with van der Waals surface area (Å²) in [6.07, 6.45) is 0.511. The third-order valence-corrected chi connectivity index (χ3v) is 1.83. The Bertz CT molecular complexity index is 271. The van der Waals surface area contributed by atoms with Crippen LogP contribution in [-0.4, -0.2) is 30.2 Å². The van der Waals surface area contributed by atoms with E-state index in [9.17, 15) is 9.59 Å². The first-order valence-electron chi connectivity index (χ1n) is 4.85. The van der Waals surface area contributed by atoms with E-state index in [4.69, 9.17) is 9.84 Å². The fourth-order valence-corrected chi connectivity index (χ4v) is 1.10.